The van der Waals surface area contributed by atoms with Crippen molar-refractivity contribution in [2.75, 3.05) is 13.1 Å². The summed E-state index contributed by atoms with van der Waals surface area (Å²) in [6, 6.07) is 34.0. The zero-order chi connectivity index (χ0) is 34.7. The molecule has 2 aromatic carbocycles. The van der Waals surface area contributed by atoms with Gasteiger partial charge in [-0.1, -0.05) is 60.7 Å². The minimum absolute atomic E-state index is 0.0495. The van der Waals surface area contributed by atoms with Crippen LogP contribution in [0.15, 0.2) is 120 Å². The minimum Gasteiger partial charge on any atom is -0.440 e. The van der Waals surface area contributed by atoms with Crippen molar-refractivity contribution in [2.24, 2.45) is 0 Å². The summed E-state index contributed by atoms with van der Waals surface area (Å²) >= 11 is 0. The number of benzene rings is 4. The summed E-state index contributed by atoms with van der Waals surface area (Å²) in [5.74, 6) is -0.425. The van der Waals surface area contributed by atoms with Crippen LogP contribution in [0.1, 0.15) is 58.1 Å². The van der Waals surface area contributed by atoms with Crippen LogP contribution in [0.5, 0.6) is 0 Å². The third-order valence-corrected chi connectivity index (χ3v) is 10.5. The highest BCUT2D eigenvalue weighted by molar-refractivity contribution is 6.02. The smallest absolute Gasteiger partial charge is 0.254 e. The van der Waals surface area contributed by atoms with Gasteiger partial charge in [-0.25, -0.2) is 4.98 Å². The van der Waals surface area contributed by atoms with E-state index in [-0.39, 0.29) is 23.5 Å². The number of likely N-dealkylation sites (tertiary alicyclic amines) is 2. The van der Waals surface area contributed by atoms with E-state index < -0.39 is 11.1 Å². The molecule has 4 radical (unpaired) electrons. The molecule has 0 amide bonds. The monoisotopic (exact) mass is 673 g/mol. The van der Waals surface area contributed by atoms with E-state index in [1.165, 1.54) is 6.20 Å². The number of oxazole rings is 1. The van der Waals surface area contributed by atoms with Crippen LogP contribution in [0.3, 0.4) is 0 Å². The Bertz CT molecular complexity index is 2100. The fourth-order valence-electron chi connectivity index (χ4n) is 8.18. The first-order chi connectivity index (χ1) is 25.0. The molecule has 0 saturated carbocycles. The molecule has 10 nitrogen and oxygen atoms in total. The molecular weight excluding hydrogens is 642 g/mol. The van der Waals surface area contributed by atoms with Gasteiger partial charge < -0.3 is 4.42 Å². The zero-order valence-electron chi connectivity index (χ0n) is 27.5. The first-order valence-corrected chi connectivity index (χ1v) is 17.0. The predicted octanol–water partition coefficient (Wildman–Crippen LogP) is 6.10. The van der Waals surface area contributed by atoms with Gasteiger partial charge in [0.25, 0.3) is 11.8 Å². The number of carbonyl (C=O) groups is 2. The van der Waals surface area contributed by atoms with Gasteiger partial charge in [0.15, 0.2) is 16.8 Å². The van der Waals surface area contributed by atoms with Gasteiger partial charge in [0.05, 0.1) is 6.20 Å². The van der Waals surface area contributed by atoms with Gasteiger partial charge in [-0.05, 0) is 85.3 Å². The van der Waals surface area contributed by atoms with Crippen LogP contribution in [0, 0.1) is 12.1 Å². The summed E-state index contributed by atoms with van der Waals surface area (Å²) < 4.78 is 9.98. The molecule has 2 aliphatic rings. The van der Waals surface area contributed by atoms with E-state index >= 15 is 0 Å². The summed E-state index contributed by atoms with van der Waals surface area (Å²) in [5.41, 5.74) is 0.601. The summed E-state index contributed by atoms with van der Waals surface area (Å²) in [6.07, 6.45) is 8.10. The Hall–Kier alpha value is -5.71. The fraction of sp³-hybridized carbons (Fsp3) is 0.195. The third-order valence-electron chi connectivity index (χ3n) is 10.5. The molecule has 10 heteroatoms. The molecule has 250 valence electrons. The van der Waals surface area contributed by atoms with Gasteiger partial charge in [-0.3, -0.25) is 38.1 Å². The quantitative estimate of drug-likeness (QED) is 0.171. The summed E-state index contributed by atoms with van der Waals surface area (Å²) in [5, 5.41) is 0. The molecule has 1 unspecified atom stereocenters. The maximum absolute atomic E-state index is 14.2. The normalized spacial score (nSPS) is 18.8. The van der Waals surface area contributed by atoms with E-state index in [1.54, 1.807) is 55.3 Å². The van der Waals surface area contributed by atoms with E-state index in [0.29, 0.717) is 62.0 Å². The highest BCUT2D eigenvalue weighted by atomic mass is 16.4. The fourth-order valence-corrected chi connectivity index (χ4v) is 8.18. The van der Waals surface area contributed by atoms with Gasteiger partial charge in [-0.2, -0.15) is 0 Å². The minimum atomic E-state index is -1.77. The third kappa shape index (κ3) is 4.46. The van der Waals surface area contributed by atoms with Crippen LogP contribution in [-0.2, 0) is 20.7 Å². The Labute approximate surface area is 293 Å². The van der Waals surface area contributed by atoms with Crippen LogP contribution in [-0.4, -0.2) is 61.4 Å². The molecule has 5 aromatic heterocycles. The number of aromatic nitrogens is 3. The standard InChI is InChI=1S/C41H31N5O5/c47-26-40(28-9-3-1-4-10-28,43-23-7-13-34(43)37(49)45-30-15-16-31(45)18-17-30)36-25-42-39(51-36)41(27-48,29-11-5-2-6-12-29)44-24-8-14-35(44)38(50)46-32-19-20-33(46)22-21-32/h1-6,9-12,15-22,25H,7-8,13-14,23-24H2/t40?,41-/m1/s1. The van der Waals surface area contributed by atoms with Gasteiger partial charge in [0.2, 0.25) is 18.5 Å². The molecule has 2 atom stereocenters. The second-order valence-corrected chi connectivity index (χ2v) is 13.1. The molecule has 2 aliphatic heterocycles. The van der Waals surface area contributed by atoms with Crippen molar-refractivity contribution in [3.63, 3.8) is 0 Å². The Morgan fingerprint density at radius 2 is 1.00 bits per heavy atom. The largest absolute Gasteiger partial charge is 0.440 e. The van der Waals surface area contributed by atoms with E-state index in [1.807, 2.05) is 72.8 Å². The van der Waals surface area contributed by atoms with Crippen molar-refractivity contribution in [2.45, 2.75) is 36.8 Å². The lowest BCUT2D eigenvalue weighted by Gasteiger charge is -2.39. The lowest BCUT2D eigenvalue weighted by atomic mass is 9.86. The van der Waals surface area contributed by atoms with Gasteiger partial charge in [-0.15, -0.1) is 0 Å². The Morgan fingerprint density at radius 1 is 0.588 bits per heavy atom. The average Bonchev–Trinajstić information content (AvgIpc) is 4.04. The highest BCUT2D eigenvalue weighted by Gasteiger charge is 2.56. The lowest BCUT2D eigenvalue weighted by molar-refractivity contribution is 0.0819. The zero-order valence-corrected chi connectivity index (χ0v) is 27.5. The molecular formula is C41H31N5O5. The number of fused-ring (bicyclic) bond motifs is 4. The molecule has 0 spiro atoms. The van der Waals surface area contributed by atoms with Crippen molar-refractivity contribution in [3.8, 4) is 0 Å². The van der Waals surface area contributed by atoms with E-state index in [4.69, 9.17) is 9.40 Å². The van der Waals surface area contributed by atoms with Crippen molar-refractivity contribution < 1.29 is 23.6 Å². The topological polar surface area (TPSA) is 111 Å². The molecule has 0 aliphatic carbocycles. The predicted molar refractivity (Wildman–Crippen MR) is 188 cm³/mol. The molecule has 4 bridgehead atoms. The van der Waals surface area contributed by atoms with Crippen molar-refractivity contribution >= 4 is 46.5 Å². The summed E-state index contributed by atoms with van der Waals surface area (Å²) in [7, 11) is 0. The molecule has 0 N–H and O–H groups in total. The van der Waals surface area contributed by atoms with Crippen molar-refractivity contribution in [1.82, 2.24) is 23.9 Å². The Kier molecular flexibility index (Phi) is 7.34. The summed E-state index contributed by atoms with van der Waals surface area (Å²) in [6.45, 7) is 0.735. The van der Waals surface area contributed by atoms with Crippen LogP contribution < -0.4 is 0 Å². The lowest BCUT2D eigenvalue weighted by Crippen LogP contribution is -2.51. The Balaban J connectivity index is 1.19. The number of nitrogens with zero attached hydrogens (tertiary/aromatic N) is 5. The maximum atomic E-state index is 14.2. The van der Waals surface area contributed by atoms with Crippen molar-refractivity contribution in [3.05, 3.63) is 150 Å². The van der Waals surface area contributed by atoms with E-state index in [9.17, 15) is 19.2 Å². The molecule has 2 saturated heterocycles. The molecule has 9 rings (SSSR count). The number of hydrogen-bond acceptors (Lipinski definition) is 8. The van der Waals surface area contributed by atoms with Crippen LogP contribution >= 0.6 is 0 Å². The number of hydrogen-bond donors (Lipinski definition) is 0. The van der Waals surface area contributed by atoms with E-state index in [0.717, 1.165) is 22.1 Å². The second-order valence-electron chi connectivity index (χ2n) is 13.1. The van der Waals surface area contributed by atoms with Gasteiger partial charge >= 0.3 is 0 Å². The molecule has 7 aromatic rings. The highest BCUT2D eigenvalue weighted by Crippen LogP contribution is 2.47. The number of carbonyl (C=O) groups excluding carboxylic acids is 4. The number of rotatable bonds is 10. The maximum Gasteiger partial charge on any atom is 0.254 e. The Morgan fingerprint density at radius 3 is 1.43 bits per heavy atom. The summed E-state index contributed by atoms with van der Waals surface area (Å²) in [4.78, 5) is 64.0. The van der Waals surface area contributed by atoms with Crippen molar-refractivity contribution in [1.29, 1.82) is 0 Å². The first kappa shape index (κ1) is 31.3. The SMILES string of the molecule is O=[C]C(c1ccccc1)(c1cnc([C@@]([C]=O)(c2ccccc2)N2CCC[C]2C(=O)n2c3ccc2cc3)o1)N1CCC[C]1C(=O)n1c2ccc1cc2. The van der Waals surface area contributed by atoms with Gasteiger partial charge in [0.1, 0.15) is 12.1 Å². The average molecular weight is 674 g/mol. The van der Waals surface area contributed by atoms with E-state index in [2.05, 4.69) is 12.6 Å². The van der Waals surface area contributed by atoms with Crippen LogP contribution in [0.4, 0.5) is 0 Å². The second kappa shape index (κ2) is 12.0. The molecule has 2 fully saturated rings. The van der Waals surface area contributed by atoms with Crippen LogP contribution in [0.25, 0.3) is 22.1 Å². The van der Waals surface area contributed by atoms with Crippen LogP contribution in [0.2, 0.25) is 0 Å². The molecule has 7 heterocycles. The van der Waals surface area contributed by atoms with Gasteiger partial charge in [0, 0.05) is 35.2 Å². The first-order valence-electron chi connectivity index (χ1n) is 17.0. The molecule has 51 heavy (non-hydrogen) atoms.